The molecule has 0 amide bonds. The van der Waals surface area contributed by atoms with E-state index in [0.29, 0.717) is 0 Å². The van der Waals surface area contributed by atoms with Gasteiger partial charge in [0, 0.05) is 43.3 Å². The Morgan fingerprint density at radius 1 is 1.25 bits per heavy atom. The molecule has 0 spiro atoms. The van der Waals surface area contributed by atoms with Gasteiger partial charge in [-0.25, -0.2) is 4.57 Å². The Morgan fingerprint density at radius 2 is 1.25 bits per heavy atom. The average Bonchev–Trinajstić information content (AvgIpc) is 0.722. The Kier molecular flexibility index (Phi) is 26.7. The van der Waals surface area contributed by atoms with Gasteiger partial charge in [-0.2, -0.15) is 0 Å². The summed E-state index contributed by atoms with van der Waals surface area (Å²) in [6.45, 7) is 0. The van der Waals surface area contributed by atoms with E-state index in [4.69, 9.17) is 19.2 Å². The van der Waals surface area contributed by atoms with Gasteiger partial charge in [0.25, 0.3) is 0 Å². The molecule has 0 aliphatic heterocycles. The molecular formula is H4CuNaO4PZr. The van der Waals surface area contributed by atoms with Crippen LogP contribution in [0.2, 0.25) is 0 Å². The maximum Gasteiger partial charge on any atom is 1.00 e. The van der Waals surface area contributed by atoms with Crippen LogP contribution < -0.4 is 29.6 Å². The minimum Gasteiger partial charge on any atom is -1.00 e. The van der Waals surface area contributed by atoms with E-state index in [0.717, 1.165) is 0 Å². The van der Waals surface area contributed by atoms with Crippen LogP contribution in [0.15, 0.2) is 0 Å². The summed E-state index contributed by atoms with van der Waals surface area (Å²) in [5, 5.41) is 0. The first kappa shape index (κ1) is 22.4. The molecule has 0 fully saturated rings. The summed E-state index contributed by atoms with van der Waals surface area (Å²) in [6.07, 6.45) is 0. The third-order valence-electron chi connectivity index (χ3n) is 0. The van der Waals surface area contributed by atoms with Crippen LogP contribution in [0.5, 0.6) is 0 Å². The van der Waals surface area contributed by atoms with E-state index in [1.165, 1.54) is 0 Å². The van der Waals surface area contributed by atoms with E-state index < -0.39 is 7.82 Å². The van der Waals surface area contributed by atoms with Crippen LogP contribution in [0.1, 0.15) is 1.43 Å². The summed E-state index contributed by atoms with van der Waals surface area (Å²) in [7, 11) is -4.64. The number of rotatable bonds is 0. The van der Waals surface area contributed by atoms with Crippen molar-refractivity contribution in [3.8, 4) is 0 Å². The van der Waals surface area contributed by atoms with E-state index in [9.17, 15) is 0 Å². The molecule has 0 aliphatic carbocycles. The molecule has 0 saturated carbocycles. The van der Waals surface area contributed by atoms with Crippen LogP contribution in [0, 0.1) is 0 Å². The van der Waals surface area contributed by atoms with Gasteiger partial charge < -0.3 is 16.1 Å². The van der Waals surface area contributed by atoms with Gasteiger partial charge in [0.1, 0.15) is 0 Å². The Morgan fingerprint density at radius 3 is 1.25 bits per heavy atom. The Hall–Kier alpha value is 2.51. The van der Waals surface area contributed by atoms with Crippen LogP contribution in [-0.2, 0) is 47.8 Å². The SMILES string of the molecule is O=P(O)(O)O.[Cu].[H-].[Na+].[Zr]. The van der Waals surface area contributed by atoms with Gasteiger partial charge in [-0.3, -0.25) is 0 Å². The second-order valence-corrected chi connectivity index (χ2v) is 1.54. The van der Waals surface area contributed by atoms with Crippen molar-refractivity contribution in [1.29, 1.82) is 0 Å². The molecule has 0 bridgehead atoms. The minimum absolute atomic E-state index is 0. The molecule has 8 heteroatoms. The van der Waals surface area contributed by atoms with E-state index in [1.54, 1.807) is 0 Å². The van der Waals surface area contributed by atoms with Gasteiger partial charge in [-0.05, 0) is 0 Å². The maximum atomic E-state index is 8.88. The Bertz CT molecular complexity index is 66.7. The molecule has 0 aromatic rings. The molecule has 1 radical (unpaired) electrons. The van der Waals surface area contributed by atoms with Gasteiger partial charge in [0.15, 0.2) is 0 Å². The maximum absolute atomic E-state index is 8.88. The first-order valence-electron chi connectivity index (χ1n) is 0.783. The summed E-state index contributed by atoms with van der Waals surface area (Å²) in [6, 6.07) is 0. The Labute approximate surface area is 100 Å². The van der Waals surface area contributed by atoms with Gasteiger partial charge in [-0.15, -0.1) is 0 Å². The largest absolute Gasteiger partial charge is 1.00 e. The zero-order chi connectivity index (χ0) is 4.50. The van der Waals surface area contributed by atoms with Crippen LogP contribution in [0.4, 0.5) is 0 Å². The smallest absolute Gasteiger partial charge is 1.00 e. The summed E-state index contributed by atoms with van der Waals surface area (Å²) >= 11 is 0. The standard InChI is InChI=1S/Cu.Na.H3O4P.Zr.H/c;;1-5(2,3)4;;/h;;(H3,1,2,3,4);;/q;+1;;;-1. The van der Waals surface area contributed by atoms with Crippen molar-refractivity contribution >= 4 is 7.82 Å². The zero-order valence-corrected chi connectivity index (χ0v) is 10.3. The second-order valence-electron chi connectivity index (χ2n) is 0.513. The fourth-order valence-corrected chi connectivity index (χ4v) is 0. The quantitative estimate of drug-likeness (QED) is 0.313. The summed E-state index contributed by atoms with van der Waals surface area (Å²) in [5.41, 5.74) is 0. The second kappa shape index (κ2) is 9.51. The van der Waals surface area contributed by atoms with E-state index in [-0.39, 0.29) is 74.3 Å². The van der Waals surface area contributed by atoms with Gasteiger partial charge in [0.05, 0.1) is 0 Å². The first-order valence-corrected chi connectivity index (χ1v) is 2.35. The number of hydrogen-bond acceptors (Lipinski definition) is 1. The molecule has 3 N–H and O–H groups in total. The molecule has 0 rings (SSSR count). The van der Waals surface area contributed by atoms with Gasteiger partial charge in [0.2, 0.25) is 0 Å². The minimum atomic E-state index is -4.64. The third-order valence-corrected chi connectivity index (χ3v) is 0. The molecule has 0 atom stereocenters. The Balaban J connectivity index is -0.0000000133. The molecule has 0 saturated heterocycles. The molecule has 0 unspecified atom stereocenters. The predicted octanol–water partition coefficient (Wildman–Crippen LogP) is -3.82. The van der Waals surface area contributed by atoms with Crippen molar-refractivity contribution < 1.29 is 93.5 Å². The van der Waals surface area contributed by atoms with Gasteiger partial charge >= 0.3 is 37.4 Å². The molecule has 0 aromatic carbocycles. The van der Waals surface area contributed by atoms with Crippen LogP contribution in [0.3, 0.4) is 0 Å². The molecule has 0 aromatic heterocycles. The van der Waals surface area contributed by atoms with Crippen molar-refractivity contribution in [2.45, 2.75) is 0 Å². The first-order chi connectivity index (χ1) is 2.00. The zero-order valence-electron chi connectivity index (χ0n) is 5.00. The number of phosphoric acid groups is 1. The fraction of sp³-hybridized carbons (Fsp3) is 0. The predicted molar refractivity (Wildman–Crippen MR) is 15.4 cm³/mol. The number of hydrogen-bond donors (Lipinski definition) is 3. The molecule has 49 valence electrons. The summed E-state index contributed by atoms with van der Waals surface area (Å²) in [5.74, 6) is 0. The topological polar surface area (TPSA) is 77.8 Å². The van der Waals surface area contributed by atoms with Gasteiger partial charge in [-0.1, -0.05) is 0 Å². The van der Waals surface area contributed by atoms with Crippen molar-refractivity contribution in [2.75, 3.05) is 0 Å². The molecular weight excluding hydrogens is 273 g/mol. The summed E-state index contributed by atoms with van der Waals surface area (Å²) in [4.78, 5) is 21.6. The molecule has 8 heavy (non-hydrogen) atoms. The van der Waals surface area contributed by atoms with Crippen molar-refractivity contribution in [2.24, 2.45) is 0 Å². The monoisotopic (exact) mass is 275 g/mol. The van der Waals surface area contributed by atoms with Crippen LogP contribution >= 0.6 is 7.82 Å². The summed E-state index contributed by atoms with van der Waals surface area (Å²) < 4.78 is 8.88. The van der Waals surface area contributed by atoms with Crippen LogP contribution in [0.25, 0.3) is 0 Å². The average molecular weight is 277 g/mol. The molecule has 0 aliphatic rings. The van der Waals surface area contributed by atoms with Crippen molar-refractivity contribution in [3.63, 3.8) is 0 Å². The fourth-order valence-electron chi connectivity index (χ4n) is 0. The van der Waals surface area contributed by atoms with E-state index in [2.05, 4.69) is 0 Å². The van der Waals surface area contributed by atoms with Crippen LogP contribution in [-0.4, -0.2) is 14.7 Å². The normalized spacial score (nSPS) is 7.38. The van der Waals surface area contributed by atoms with E-state index >= 15 is 0 Å². The van der Waals surface area contributed by atoms with Crippen molar-refractivity contribution in [3.05, 3.63) is 0 Å². The molecule has 0 heterocycles. The molecule has 4 nitrogen and oxygen atoms in total. The third kappa shape index (κ3) is 76.1. The van der Waals surface area contributed by atoms with E-state index in [1.807, 2.05) is 0 Å². The van der Waals surface area contributed by atoms with Crippen molar-refractivity contribution in [1.82, 2.24) is 0 Å².